The Morgan fingerprint density at radius 1 is 1.29 bits per heavy atom. The molecule has 9 heteroatoms. The summed E-state index contributed by atoms with van der Waals surface area (Å²) in [6.07, 6.45) is 2.45. The number of nitrogens with zero attached hydrogens (tertiary/aromatic N) is 2. The van der Waals surface area contributed by atoms with E-state index in [2.05, 4.69) is 10.3 Å². The summed E-state index contributed by atoms with van der Waals surface area (Å²) in [6.45, 7) is 0.700. The average Bonchev–Trinajstić information content (AvgIpc) is 2.73. The van der Waals surface area contributed by atoms with Crippen LogP contribution in [0.15, 0.2) is 47.5 Å². The van der Waals surface area contributed by atoms with Crippen molar-refractivity contribution in [1.29, 1.82) is 0 Å². The van der Waals surface area contributed by atoms with E-state index in [4.69, 9.17) is 4.74 Å². The summed E-state index contributed by atoms with van der Waals surface area (Å²) in [5.41, 5.74) is 0.758. The van der Waals surface area contributed by atoms with E-state index in [0.29, 0.717) is 19.4 Å². The van der Waals surface area contributed by atoms with Gasteiger partial charge in [0, 0.05) is 25.2 Å². The van der Waals surface area contributed by atoms with Crippen molar-refractivity contribution in [3.8, 4) is 5.75 Å². The Bertz CT molecular complexity index is 929. The summed E-state index contributed by atoms with van der Waals surface area (Å²) in [6, 6.07) is 8.87. The molecule has 0 aliphatic carbocycles. The zero-order valence-corrected chi connectivity index (χ0v) is 16.3. The molecule has 1 amide bonds. The van der Waals surface area contributed by atoms with E-state index >= 15 is 0 Å². The second-order valence-electron chi connectivity index (χ2n) is 6.51. The average molecular weight is 407 g/mol. The molecule has 1 fully saturated rings. The lowest BCUT2D eigenvalue weighted by atomic mass is 9.97. The van der Waals surface area contributed by atoms with Crippen molar-refractivity contribution in [2.75, 3.05) is 20.2 Å². The van der Waals surface area contributed by atoms with E-state index in [-0.39, 0.29) is 35.6 Å². The van der Waals surface area contributed by atoms with Gasteiger partial charge in [-0.3, -0.25) is 9.78 Å². The van der Waals surface area contributed by atoms with Gasteiger partial charge in [-0.05, 0) is 43.2 Å². The first kappa shape index (κ1) is 20.2. The maximum atomic E-state index is 13.6. The molecule has 0 atom stereocenters. The largest absolute Gasteiger partial charge is 0.495 e. The quantitative estimate of drug-likeness (QED) is 0.791. The van der Waals surface area contributed by atoms with Gasteiger partial charge < -0.3 is 10.1 Å². The fraction of sp³-hybridized carbons (Fsp3) is 0.368. The van der Waals surface area contributed by atoms with Crippen molar-refractivity contribution >= 4 is 15.9 Å². The third-order valence-electron chi connectivity index (χ3n) is 4.74. The number of hydrogen-bond donors (Lipinski definition) is 1. The standard InChI is InChI=1S/C19H22FN3O4S/c1-27-17-6-5-15(20)12-18(17)28(25,26)23-10-7-14(8-11-23)19(24)22-13-16-4-2-3-9-21-16/h2-6,9,12,14H,7-8,10-11,13H2,1H3,(H,22,24). The van der Waals surface area contributed by atoms with Gasteiger partial charge in [0.1, 0.15) is 16.5 Å². The predicted molar refractivity (Wildman–Crippen MR) is 101 cm³/mol. The number of hydrogen-bond acceptors (Lipinski definition) is 5. The second kappa shape index (κ2) is 8.66. The number of rotatable bonds is 6. The number of nitrogens with one attached hydrogen (secondary N) is 1. The van der Waals surface area contributed by atoms with Crippen LogP contribution in [0.4, 0.5) is 4.39 Å². The van der Waals surface area contributed by atoms with Crippen LogP contribution < -0.4 is 10.1 Å². The molecule has 150 valence electrons. The first-order valence-corrected chi connectivity index (χ1v) is 10.4. The van der Waals surface area contributed by atoms with Crippen molar-refractivity contribution < 1.29 is 22.3 Å². The molecular weight excluding hydrogens is 385 g/mol. The summed E-state index contributed by atoms with van der Waals surface area (Å²) in [5.74, 6) is -0.949. The smallest absolute Gasteiger partial charge is 0.246 e. The summed E-state index contributed by atoms with van der Waals surface area (Å²) in [7, 11) is -2.57. The Hall–Kier alpha value is -2.52. The Morgan fingerprint density at radius 2 is 2.04 bits per heavy atom. The molecule has 0 saturated carbocycles. The highest BCUT2D eigenvalue weighted by atomic mass is 32.2. The fourth-order valence-corrected chi connectivity index (χ4v) is 4.81. The molecule has 0 radical (unpaired) electrons. The van der Waals surface area contributed by atoms with Gasteiger partial charge in [0.05, 0.1) is 19.3 Å². The monoisotopic (exact) mass is 407 g/mol. The Morgan fingerprint density at radius 3 is 2.68 bits per heavy atom. The molecule has 0 bridgehead atoms. The summed E-state index contributed by atoms with van der Waals surface area (Å²) < 4.78 is 45.7. The van der Waals surface area contributed by atoms with E-state index < -0.39 is 15.8 Å². The van der Waals surface area contributed by atoms with E-state index in [0.717, 1.165) is 17.8 Å². The van der Waals surface area contributed by atoms with Crippen LogP contribution in [0, 0.1) is 11.7 Å². The highest BCUT2D eigenvalue weighted by Gasteiger charge is 2.33. The van der Waals surface area contributed by atoms with Crippen LogP contribution in [0.1, 0.15) is 18.5 Å². The van der Waals surface area contributed by atoms with Crippen LogP contribution in [0.2, 0.25) is 0 Å². The number of pyridine rings is 1. The van der Waals surface area contributed by atoms with E-state index in [1.807, 2.05) is 12.1 Å². The molecule has 1 aromatic carbocycles. The lowest BCUT2D eigenvalue weighted by Crippen LogP contribution is -2.43. The molecular formula is C19H22FN3O4S. The Kier molecular flexibility index (Phi) is 6.25. The van der Waals surface area contributed by atoms with Gasteiger partial charge in [-0.1, -0.05) is 6.07 Å². The first-order valence-electron chi connectivity index (χ1n) is 8.93. The molecule has 0 unspecified atom stereocenters. The molecule has 1 aliphatic rings. The van der Waals surface area contributed by atoms with Crippen LogP contribution in [0.3, 0.4) is 0 Å². The highest BCUT2D eigenvalue weighted by Crippen LogP contribution is 2.30. The molecule has 1 saturated heterocycles. The summed E-state index contributed by atoms with van der Waals surface area (Å²) >= 11 is 0. The number of halogens is 1. The van der Waals surface area contributed by atoms with Crippen LogP contribution in [0.5, 0.6) is 5.75 Å². The molecule has 28 heavy (non-hydrogen) atoms. The number of benzene rings is 1. The molecule has 3 rings (SSSR count). The maximum absolute atomic E-state index is 13.6. The number of carbonyl (C=O) groups is 1. The van der Waals surface area contributed by atoms with Crippen molar-refractivity contribution in [3.05, 3.63) is 54.1 Å². The van der Waals surface area contributed by atoms with Gasteiger partial charge in [-0.15, -0.1) is 0 Å². The van der Waals surface area contributed by atoms with Crippen LogP contribution in [-0.4, -0.2) is 43.8 Å². The van der Waals surface area contributed by atoms with Crippen molar-refractivity contribution in [1.82, 2.24) is 14.6 Å². The number of ether oxygens (including phenoxy) is 1. The number of amides is 1. The SMILES string of the molecule is COc1ccc(F)cc1S(=O)(=O)N1CCC(C(=O)NCc2ccccn2)CC1. The molecule has 0 spiro atoms. The van der Waals surface area contributed by atoms with Gasteiger partial charge >= 0.3 is 0 Å². The van der Waals surface area contributed by atoms with Crippen LogP contribution in [-0.2, 0) is 21.4 Å². The third-order valence-corrected chi connectivity index (χ3v) is 6.66. The van der Waals surface area contributed by atoms with Gasteiger partial charge in [0.2, 0.25) is 15.9 Å². The lowest BCUT2D eigenvalue weighted by Gasteiger charge is -2.30. The van der Waals surface area contributed by atoms with Crippen molar-refractivity contribution in [2.45, 2.75) is 24.3 Å². The van der Waals surface area contributed by atoms with Crippen molar-refractivity contribution in [2.24, 2.45) is 5.92 Å². The zero-order valence-electron chi connectivity index (χ0n) is 15.5. The fourth-order valence-electron chi connectivity index (χ4n) is 3.17. The van der Waals surface area contributed by atoms with Gasteiger partial charge in [0.15, 0.2) is 0 Å². The first-order chi connectivity index (χ1) is 13.4. The molecule has 2 aromatic rings. The molecule has 1 aliphatic heterocycles. The number of carbonyl (C=O) groups excluding carboxylic acids is 1. The minimum atomic E-state index is -3.91. The molecule has 1 N–H and O–H groups in total. The molecule has 1 aromatic heterocycles. The van der Waals surface area contributed by atoms with Gasteiger partial charge in [0.25, 0.3) is 0 Å². The Balaban J connectivity index is 1.61. The number of methoxy groups -OCH3 is 1. The maximum Gasteiger partial charge on any atom is 0.246 e. The van der Waals surface area contributed by atoms with Crippen LogP contribution in [0.25, 0.3) is 0 Å². The van der Waals surface area contributed by atoms with Crippen molar-refractivity contribution in [3.63, 3.8) is 0 Å². The molecule has 2 heterocycles. The number of sulfonamides is 1. The van der Waals surface area contributed by atoms with E-state index in [9.17, 15) is 17.6 Å². The topological polar surface area (TPSA) is 88.6 Å². The van der Waals surface area contributed by atoms with Gasteiger partial charge in [-0.2, -0.15) is 4.31 Å². The summed E-state index contributed by atoms with van der Waals surface area (Å²) in [5, 5.41) is 2.84. The minimum Gasteiger partial charge on any atom is -0.495 e. The number of piperidine rings is 1. The van der Waals surface area contributed by atoms with E-state index in [1.165, 1.54) is 17.5 Å². The Labute approximate surface area is 163 Å². The van der Waals surface area contributed by atoms with Crippen LogP contribution >= 0.6 is 0 Å². The minimum absolute atomic E-state index is 0.0941. The second-order valence-corrected chi connectivity index (χ2v) is 8.42. The highest BCUT2D eigenvalue weighted by molar-refractivity contribution is 7.89. The number of aromatic nitrogens is 1. The predicted octanol–water partition coefficient (Wildman–Crippen LogP) is 1.95. The normalized spacial score (nSPS) is 15.9. The lowest BCUT2D eigenvalue weighted by molar-refractivity contribution is -0.126. The zero-order chi connectivity index (χ0) is 20.1. The van der Waals surface area contributed by atoms with E-state index in [1.54, 1.807) is 12.3 Å². The third kappa shape index (κ3) is 4.48. The molecule has 7 nitrogen and oxygen atoms in total. The van der Waals surface area contributed by atoms with Gasteiger partial charge in [-0.25, -0.2) is 12.8 Å². The summed E-state index contributed by atoms with van der Waals surface area (Å²) in [4.78, 5) is 16.3.